The number of rotatable bonds is 6. The van der Waals surface area contributed by atoms with Gasteiger partial charge in [0, 0.05) is 5.56 Å². The zero-order valence-electron chi connectivity index (χ0n) is 14.7. The average molecular weight is 406 g/mol. The Morgan fingerprint density at radius 3 is 2.29 bits per heavy atom. The predicted octanol–water partition coefficient (Wildman–Crippen LogP) is 5.41. The van der Waals surface area contributed by atoms with Gasteiger partial charge in [-0.1, -0.05) is 18.2 Å². The van der Waals surface area contributed by atoms with Crippen LogP contribution < -0.4 is 4.74 Å². The Hall–Kier alpha value is -2.71. The average Bonchev–Trinajstić information content (AvgIpc) is 2.58. The van der Waals surface area contributed by atoms with Crippen LogP contribution in [-0.4, -0.2) is 12.6 Å². The molecule has 0 aliphatic carbocycles. The van der Waals surface area contributed by atoms with E-state index in [9.17, 15) is 31.1 Å². The van der Waals surface area contributed by atoms with Crippen molar-refractivity contribution in [1.29, 1.82) is 0 Å². The fourth-order valence-electron chi connectivity index (χ4n) is 2.43. The highest BCUT2D eigenvalue weighted by atomic mass is 19.4. The van der Waals surface area contributed by atoms with Gasteiger partial charge in [-0.2, -0.15) is 26.3 Å². The van der Waals surface area contributed by atoms with Crippen LogP contribution in [0.5, 0.6) is 5.75 Å². The zero-order valence-corrected chi connectivity index (χ0v) is 14.7. The molecular formula is C19H16F6O3. The largest absolute Gasteiger partial charge is 0.489 e. The van der Waals surface area contributed by atoms with Gasteiger partial charge in [0.05, 0.1) is 24.2 Å². The summed E-state index contributed by atoms with van der Waals surface area (Å²) in [4.78, 5) is 11.5. The zero-order chi connectivity index (χ0) is 20.9. The summed E-state index contributed by atoms with van der Waals surface area (Å²) in [6.07, 6.45) is -9.90. The first-order chi connectivity index (χ1) is 13.0. The Morgan fingerprint density at radius 1 is 0.964 bits per heavy atom. The van der Waals surface area contributed by atoms with E-state index in [1.54, 1.807) is 19.1 Å². The minimum atomic E-state index is -4.97. The molecule has 0 unspecified atom stereocenters. The van der Waals surface area contributed by atoms with E-state index in [0.29, 0.717) is 11.6 Å². The van der Waals surface area contributed by atoms with E-state index in [0.717, 1.165) is 6.07 Å². The Bertz CT molecular complexity index is 827. The van der Waals surface area contributed by atoms with E-state index in [1.807, 2.05) is 0 Å². The highest BCUT2D eigenvalue weighted by molar-refractivity contribution is 5.72. The van der Waals surface area contributed by atoms with Crippen molar-refractivity contribution in [3.63, 3.8) is 0 Å². The monoisotopic (exact) mass is 406 g/mol. The van der Waals surface area contributed by atoms with Gasteiger partial charge in [-0.25, -0.2) is 0 Å². The van der Waals surface area contributed by atoms with Crippen LogP contribution in [0.3, 0.4) is 0 Å². The number of hydrogen-bond donors (Lipinski definition) is 0. The quantitative estimate of drug-likeness (QED) is 0.476. The number of ether oxygens (including phenoxy) is 2. The molecule has 0 amide bonds. The lowest BCUT2D eigenvalue weighted by Gasteiger charge is -2.16. The third-order valence-electron chi connectivity index (χ3n) is 3.69. The van der Waals surface area contributed by atoms with Gasteiger partial charge in [-0.05, 0) is 36.8 Å². The van der Waals surface area contributed by atoms with E-state index in [-0.39, 0.29) is 24.8 Å². The van der Waals surface area contributed by atoms with E-state index in [1.165, 1.54) is 12.1 Å². The fraction of sp³-hybridized carbons (Fsp3) is 0.316. The van der Waals surface area contributed by atoms with Crippen molar-refractivity contribution >= 4 is 5.97 Å². The summed E-state index contributed by atoms with van der Waals surface area (Å²) < 4.78 is 87.7. The van der Waals surface area contributed by atoms with Crippen molar-refractivity contribution in [2.24, 2.45) is 0 Å². The Morgan fingerprint density at radius 2 is 1.68 bits per heavy atom. The highest BCUT2D eigenvalue weighted by Gasteiger charge is 2.38. The maximum absolute atomic E-state index is 13.1. The number of halogens is 6. The summed E-state index contributed by atoms with van der Waals surface area (Å²) in [5.41, 5.74) is -2.71. The molecule has 0 aliphatic rings. The maximum Gasteiger partial charge on any atom is 0.416 e. The summed E-state index contributed by atoms with van der Waals surface area (Å²) in [5, 5.41) is 0. The van der Waals surface area contributed by atoms with Gasteiger partial charge in [0.15, 0.2) is 0 Å². The summed E-state index contributed by atoms with van der Waals surface area (Å²) in [5.74, 6) is -0.295. The van der Waals surface area contributed by atoms with Crippen LogP contribution in [0.4, 0.5) is 26.3 Å². The Balaban J connectivity index is 2.19. The lowest BCUT2D eigenvalue weighted by Crippen LogP contribution is -2.14. The van der Waals surface area contributed by atoms with Crippen LogP contribution >= 0.6 is 0 Å². The summed E-state index contributed by atoms with van der Waals surface area (Å²) in [7, 11) is 0. The van der Waals surface area contributed by atoms with Crippen LogP contribution in [0.15, 0.2) is 42.5 Å². The molecule has 0 atom stereocenters. The van der Waals surface area contributed by atoms with E-state index < -0.39 is 41.6 Å². The third kappa shape index (κ3) is 5.90. The smallest absolute Gasteiger partial charge is 0.416 e. The lowest BCUT2D eigenvalue weighted by atomic mass is 10.0. The first-order valence-electron chi connectivity index (χ1n) is 8.15. The van der Waals surface area contributed by atoms with Crippen molar-refractivity contribution in [2.45, 2.75) is 32.3 Å². The van der Waals surface area contributed by atoms with Crippen molar-refractivity contribution in [3.8, 4) is 5.75 Å². The molecule has 152 valence electrons. The van der Waals surface area contributed by atoms with Gasteiger partial charge in [0.25, 0.3) is 0 Å². The number of hydrogen-bond acceptors (Lipinski definition) is 3. The maximum atomic E-state index is 13.1. The third-order valence-corrected chi connectivity index (χ3v) is 3.69. The minimum absolute atomic E-state index is 0.0425. The van der Waals surface area contributed by atoms with Gasteiger partial charge in [0.1, 0.15) is 12.4 Å². The number of benzene rings is 2. The summed E-state index contributed by atoms with van der Waals surface area (Å²) in [6, 6.07) is 7.46. The molecule has 3 nitrogen and oxygen atoms in total. The predicted molar refractivity (Wildman–Crippen MR) is 87.6 cm³/mol. The topological polar surface area (TPSA) is 35.5 Å². The Labute approximate surface area is 156 Å². The molecule has 9 heteroatoms. The highest BCUT2D eigenvalue weighted by Crippen LogP contribution is 2.37. The molecule has 0 fully saturated rings. The van der Waals surface area contributed by atoms with E-state index >= 15 is 0 Å². The first-order valence-corrected chi connectivity index (χ1v) is 8.15. The molecule has 0 radical (unpaired) electrons. The second-order valence-corrected chi connectivity index (χ2v) is 5.79. The second-order valence-electron chi connectivity index (χ2n) is 5.79. The van der Waals surface area contributed by atoms with Gasteiger partial charge < -0.3 is 9.47 Å². The van der Waals surface area contributed by atoms with Crippen molar-refractivity contribution < 1.29 is 40.6 Å². The molecule has 2 aromatic carbocycles. The summed E-state index contributed by atoms with van der Waals surface area (Å²) >= 11 is 0. The molecule has 2 aromatic rings. The van der Waals surface area contributed by atoms with Crippen molar-refractivity contribution in [3.05, 3.63) is 64.7 Å². The van der Waals surface area contributed by atoms with Gasteiger partial charge in [-0.3, -0.25) is 4.79 Å². The van der Waals surface area contributed by atoms with Crippen LogP contribution in [0.25, 0.3) is 0 Å². The fourth-order valence-corrected chi connectivity index (χ4v) is 2.43. The molecule has 0 heterocycles. The van der Waals surface area contributed by atoms with Crippen molar-refractivity contribution in [2.75, 3.05) is 6.61 Å². The van der Waals surface area contributed by atoms with Crippen molar-refractivity contribution in [1.82, 2.24) is 0 Å². The SMILES string of the molecule is CCOC(=O)Cc1cccc(OCc2ccc(C(F)(F)F)cc2C(F)(F)F)c1. The van der Waals surface area contributed by atoms with Crippen LogP contribution in [-0.2, 0) is 34.9 Å². The molecule has 0 bridgehead atoms. The molecule has 0 N–H and O–H groups in total. The van der Waals surface area contributed by atoms with E-state index in [4.69, 9.17) is 9.47 Å². The van der Waals surface area contributed by atoms with Gasteiger partial charge in [0.2, 0.25) is 0 Å². The van der Waals surface area contributed by atoms with E-state index in [2.05, 4.69) is 0 Å². The number of carbonyl (C=O) groups is 1. The van der Waals surface area contributed by atoms with Gasteiger partial charge >= 0.3 is 18.3 Å². The standard InChI is InChI=1S/C19H16F6O3/c1-2-27-17(26)9-12-4-3-5-15(8-12)28-11-13-6-7-14(18(20,21)22)10-16(13)19(23,24)25/h3-8,10H,2,9,11H2,1H3. The van der Waals surface area contributed by atoms with Crippen LogP contribution in [0.2, 0.25) is 0 Å². The van der Waals surface area contributed by atoms with Crippen LogP contribution in [0.1, 0.15) is 29.2 Å². The summed E-state index contributed by atoms with van der Waals surface area (Å²) in [6.45, 7) is 1.28. The molecule has 0 spiro atoms. The molecule has 0 aliphatic heterocycles. The molecule has 0 saturated carbocycles. The Kier molecular flexibility index (Phi) is 6.58. The molecule has 28 heavy (non-hydrogen) atoms. The number of alkyl halides is 6. The second kappa shape index (κ2) is 8.53. The number of esters is 1. The molecule has 0 saturated heterocycles. The lowest BCUT2D eigenvalue weighted by molar-refractivity contribution is -0.144. The van der Waals surface area contributed by atoms with Crippen LogP contribution in [0, 0.1) is 0 Å². The normalized spacial score (nSPS) is 12.0. The molecule has 0 aromatic heterocycles. The first kappa shape index (κ1) is 21.6. The molecular weight excluding hydrogens is 390 g/mol. The number of carbonyl (C=O) groups excluding carboxylic acids is 1. The molecule has 2 rings (SSSR count). The minimum Gasteiger partial charge on any atom is -0.489 e. The van der Waals surface area contributed by atoms with Gasteiger partial charge in [-0.15, -0.1) is 0 Å².